The number of benzene rings is 1. The molecular weight excluding hydrogens is 264 g/mol. The van der Waals surface area contributed by atoms with Crippen LogP contribution in [0, 0.1) is 0 Å². The Kier molecular flexibility index (Phi) is 4.97. The van der Waals surface area contributed by atoms with Crippen molar-refractivity contribution in [1.82, 2.24) is 20.1 Å². The maximum atomic E-state index is 5.44. The smallest absolute Gasteiger partial charge is 0.137 e. The minimum absolute atomic E-state index is 0.346. The summed E-state index contributed by atoms with van der Waals surface area (Å²) in [6.45, 7) is 2.60. The lowest BCUT2D eigenvalue weighted by molar-refractivity contribution is 0.0742. The van der Waals surface area contributed by atoms with Gasteiger partial charge in [-0.05, 0) is 24.8 Å². The lowest BCUT2D eigenvalue weighted by atomic mass is 10.0. The quantitative estimate of drug-likeness (QED) is 0.884. The second-order valence-corrected chi connectivity index (χ2v) is 5.46. The van der Waals surface area contributed by atoms with Gasteiger partial charge in [-0.15, -0.1) is 0 Å². The number of ether oxygens (including phenoxy) is 1. The fourth-order valence-electron chi connectivity index (χ4n) is 2.79. The van der Waals surface area contributed by atoms with Crippen molar-refractivity contribution in [2.75, 3.05) is 13.2 Å². The Morgan fingerprint density at radius 3 is 2.76 bits per heavy atom. The molecule has 0 radical (unpaired) electrons. The lowest BCUT2D eigenvalue weighted by Crippen LogP contribution is -2.37. The van der Waals surface area contributed by atoms with Crippen LogP contribution in [0.2, 0.25) is 0 Å². The van der Waals surface area contributed by atoms with Gasteiger partial charge >= 0.3 is 0 Å². The summed E-state index contributed by atoms with van der Waals surface area (Å²) >= 11 is 0. The van der Waals surface area contributed by atoms with Crippen LogP contribution >= 0.6 is 0 Å². The third kappa shape index (κ3) is 4.12. The third-order valence-electron chi connectivity index (χ3n) is 3.97. The second-order valence-electron chi connectivity index (χ2n) is 5.46. The number of rotatable bonds is 6. The SMILES string of the molecule is c1ccc(C(CCn2cncn2)NC2CCOCC2)cc1. The van der Waals surface area contributed by atoms with Crippen molar-refractivity contribution in [3.05, 3.63) is 48.5 Å². The zero-order valence-corrected chi connectivity index (χ0v) is 12.2. The molecule has 5 nitrogen and oxygen atoms in total. The number of aromatic nitrogens is 3. The summed E-state index contributed by atoms with van der Waals surface area (Å²) in [5.41, 5.74) is 1.34. The van der Waals surface area contributed by atoms with E-state index in [0.29, 0.717) is 12.1 Å². The third-order valence-corrected chi connectivity index (χ3v) is 3.97. The normalized spacial score (nSPS) is 17.7. The molecule has 0 amide bonds. The van der Waals surface area contributed by atoms with E-state index in [1.54, 1.807) is 12.7 Å². The topological polar surface area (TPSA) is 52.0 Å². The maximum absolute atomic E-state index is 5.44. The van der Waals surface area contributed by atoms with E-state index in [2.05, 4.69) is 45.7 Å². The first-order valence-electron chi connectivity index (χ1n) is 7.63. The molecule has 2 aromatic rings. The molecule has 21 heavy (non-hydrogen) atoms. The molecule has 0 spiro atoms. The Hall–Kier alpha value is -1.72. The standard InChI is InChI=1S/C16H22N4O/c1-2-4-14(5-3-1)16(6-9-20-13-17-12-18-20)19-15-7-10-21-11-8-15/h1-5,12-13,15-16,19H,6-11H2. The highest BCUT2D eigenvalue weighted by Gasteiger charge is 2.19. The molecule has 1 atom stereocenters. The zero-order chi connectivity index (χ0) is 14.3. The first-order chi connectivity index (χ1) is 10.4. The Labute approximate surface area is 125 Å². The van der Waals surface area contributed by atoms with E-state index in [1.807, 2.05) is 4.68 Å². The fraction of sp³-hybridized carbons (Fsp3) is 0.500. The van der Waals surface area contributed by atoms with Gasteiger partial charge < -0.3 is 10.1 Å². The molecule has 1 saturated heterocycles. The van der Waals surface area contributed by atoms with Crippen LogP contribution in [0.15, 0.2) is 43.0 Å². The van der Waals surface area contributed by atoms with E-state index in [0.717, 1.165) is 39.0 Å². The molecule has 3 rings (SSSR count). The van der Waals surface area contributed by atoms with E-state index in [1.165, 1.54) is 5.56 Å². The van der Waals surface area contributed by atoms with Crippen molar-refractivity contribution >= 4 is 0 Å². The van der Waals surface area contributed by atoms with E-state index in [-0.39, 0.29) is 0 Å². The summed E-state index contributed by atoms with van der Waals surface area (Å²) in [6, 6.07) is 11.5. The van der Waals surface area contributed by atoms with Crippen LogP contribution < -0.4 is 5.32 Å². The zero-order valence-electron chi connectivity index (χ0n) is 12.2. The summed E-state index contributed by atoms with van der Waals surface area (Å²) < 4.78 is 7.33. The number of hydrogen-bond acceptors (Lipinski definition) is 4. The van der Waals surface area contributed by atoms with E-state index in [9.17, 15) is 0 Å². The van der Waals surface area contributed by atoms with Gasteiger partial charge in [0, 0.05) is 31.8 Å². The predicted molar refractivity (Wildman–Crippen MR) is 80.8 cm³/mol. The number of hydrogen-bond donors (Lipinski definition) is 1. The number of aryl methyl sites for hydroxylation is 1. The van der Waals surface area contributed by atoms with Crippen molar-refractivity contribution in [2.45, 2.75) is 37.9 Å². The molecule has 1 N–H and O–H groups in total. The summed E-state index contributed by atoms with van der Waals surface area (Å²) in [7, 11) is 0. The van der Waals surface area contributed by atoms with Gasteiger partial charge in [0.05, 0.1) is 0 Å². The second kappa shape index (κ2) is 7.33. The van der Waals surface area contributed by atoms with Gasteiger partial charge in [-0.1, -0.05) is 30.3 Å². The summed E-state index contributed by atoms with van der Waals surface area (Å²) in [6.07, 6.45) is 6.55. The first-order valence-corrected chi connectivity index (χ1v) is 7.63. The van der Waals surface area contributed by atoms with E-state index >= 15 is 0 Å². The summed E-state index contributed by atoms with van der Waals surface area (Å²) in [5.74, 6) is 0. The minimum atomic E-state index is 0.346. The molecule has 1 aliphatic rings. The summed E-state index contributed by atoms with van der Waals surface area (Å²) in [4.78, 5) is 4.00. The predicted octanol–water partition coefficient (Wildman–Crippen LogP) is 2.18. The highest BCUT2D eigenvalue weighted by atomic mass is 16.5. The van der Waals surface area contributed by atoms with Gasteiger partial charge in [0.2, 0.25) is 0 Å². The molecule has 0 saturated carbocycles. The average Bonchev–Trinajstić information content (AvgIpc) is 3.07. The van der Waals surface area contributed by atoms with Crippen molar-refractivity contribution in [3.63, 3.8) is 0 Å². The minimum Gasteiger partial charge on any atom is -0.381 e. The fourth-order valence-corrected chi connectivity index (χ4v) is 2.79. The van der Waals surface area contributed by atoms with Crippen LogP contribution in [0.3, 0.4) is 0 Å². The van der Waals surface area contributed by atoms with Crippen LogP contribution in [0.4, 0.5) is 0 Å². The maximum Gasteiger partial charge on any atom is 0.137 e. The Morgan fingerprint density at radius 2 is 2.05 bits per heavy atom. The van der Waals surface area contributed by atoms with Gasteiger partial charge in [-0.25, -0.2) is 4.98 Å². The molecule has 0 bridgehead atoms. The Bertz CT molecular complexity index is 508. The van der Waals surface area contributed by atoms with Gasteiger partial charge in [0.25, 0.3) is 0 Å². The van der Waals surface area contributed by atoms with Gasteiger partial charge in [0.15, 0.2) is 0 Å². The van der Waals surface area contributed by atoms with Crippen LogP contribution in [0.5, 0.6) is 0 Å². The molecule has 1 aliphatic heterocycles. The van der Waals surface area contributed by atoms with Crippen molar-refractivity contribution in [3.8, 4) is 0 Å². The summed E-state index contributed by atoms with van der Waals surface area (Å²) in [5, 5.41) is 7.98. The average molecular weight is 286 g/mol. The highest BCUT2D eigenvalue weighted by molar-refractivity contribution is 5.19. The monoisotopic (exact) mass is 286 g/mol. The van der Waals surface area contributed by atoms with E-state index < -0.39 is 0 Å². The van der Waals surface area contributed by atoms with Crippen molar-refractivity contribution in [2.24, 2.45) is 0 Å². The Balaban J connectivity index is 1.65. The molecule has 1 unspecified atom stereocenters. The molecule has 2 heterocycles. The Morgan fingerprint density at radius 1 is 1.24 bits per heavy atom. The molecule has 112 valence electrons. The molecular formula is C16H22N4O. The molecule has 1 fully saturated rings. The molecule has 1 aromatic carbocycles. The molecule has 0 aliphatic carbocycles. The van der Waals surface area contributed by atoms with Crippen LogP contribution in [-0.4, -0.2) is 34.0 Å². The van der Waals surface area contributed by atoms with Crippen molar-refractivity contribution in [1.29, 1.82) is 0 Å². The lowest BCUT2D eigenvalue weighted by Gasteiger charge is -2.29. The number of nitrogens with zero attached hydrogens (tertiary/aromatic N) is 3. The van der Waals surface area contributed by atoms with Crippen LogP contribution in [0.1, 0.15) is 30.9 Å². The highest BCUT2D eigenvalue weighted by Crippen LogP contribution is 2.20. The van der Waals surface area contributed by atoms with Crippen LogP contribution in [0.25, 0.3) is 0 Å². The van der Waals surface area contributed by atoms with E-state index in [4.69, 9.17) is 4.74 Å². The van der Waals surface area contributed by atoms with Crippen molar-refractivity contribution < 1.29 is 4.74 Å². The largest absolute Gasteiger partial charge is 0.381 e. The van der Waals surface area contributed by atoms with Gasteiger partial charge in [-0.2, -0.15) is 5.10 Å². The number of nitrogens with one attached hydrogen (secondary N) is 1. The molecule has 5 heteroatoms. The van der Waals surface area contributed by atoms with Gasteiger partial charge in [0.1, 0.15) is 12.7 Å². The van der Waals surface area contributed by atoms with Gasteiger partial charge in [-0.3, -0.25) is 4.68 Å². The molecule has 1 aromatic heterocycles. The first kappa shape index (κ1) is 14.2. The van der Waals surface area contributed by atoms with Crippen LogP contribution in [-0.2, 0) is 11.3 Å².